The van der Waals surface area contributed by atoms with E-state index in [9.17, 15) is 5.11 Å². The summed E-state index contributed by atoms with van der Waals surface area (Å²) in [6.45, 7) is 4.51. The lowest BCUT2D eigenvalue weighted by Gasteiger charge is -2.10. The third-order valence-electron chi connectivity index (χ3n) is 2.19. The molecule has 0 bridgehead atoms. The fraction of sp³-hybridized carbons (Fsp3) is 0.500. The van der Waals surface area contributed by atoms with E-state index in [2.05, 4.69) is 6.92 Å². The van der Waals surface area contributed by atoms with E-state index in [-0.39, 0.29) is 0 Å². The van der Waals surface area contributed by atoms with Crippen molar-refractivity contribution >= 4 is 11.6 Å². The van der Waals surface area contributed by atoms with E-state index in [1.807, 2.05) is 6.07 Å². The van der Waals surface area contributed by atoms with Gasteiger partial charge in [0.05, 0.1) is 17.7 Å². The number of hydrogen-bond acceptors (Lipinski definition) is 2. The minimum atomic E-state index is -0.493. The lowest BCUT2D eigenvalue weighted by molar-refractivity contribution is 0.199. The molecular weight excluding hydrogens is 212 g/mol. The number of unbranched alkanes of at least 4 members (excludes halogenated alkanes) is 1. The number of rotatable bonds is 5. The quantitative estimate of drug-likeness (QED) is 0.781. The van der Waals surface area contributed by atoms with Crippen LogP contribution in [-0.4, -0.2) is 11.7 Å². The summed E-state index contributed by atoms with van der Waals surface area (Å²) in [4.78, 5) is 0. The second kappa shape index (κ2) is 5.99. The highest BCUT2D eigenvalue weighted by molar-refractivity contribution is 6.32. The van der Waals surface area contributed by atoms with Gasteiger partial charge < -0.3 is 9.84 Å². The molecule has 0 unspecified atom stereocenters. The molecule has 15 heavy (non-hydrogen) atoms. The Morgan fingerprint density at radius 3 is 2.73 bits per heavy atom. The van der Waals surface area contributed by atoms with Gasteiger partial charge in [-0.1, -0.05) is 31.0 Å². The van der Waals surface area contributed by atoms with Gasteiger partial charge in [0.1, 0.15) is 5.75 Å². The van der Waals surface area contributed by atoms with Crippen LogP contribution >= 0.6 is 11.6 Å². The zero-order valence-electron chi connectivity index (χ0n) is 9.16. The van der Waals surface area contributed by atoms with Crippen molar-refractivity contribution in [1.29, 1.82) is 0 Å². The number of hydrogen-bond donors (Lipinski definition) is 1. The predicted molar refractivity (Wildman–Crippen MR) is 62.5 cm³/mol. The molecule has 0 spiro atoms. The topological polar surface area (TPSA) is 29.5 Å². The molecule has 0 amide bonds. The van der Waals surface area contributed by atoms with Gasteiger partial charge in [0, 0.05) is 0 Å². The number of aliphatic hydroxyl groups is 1. The first kappa shape index (κ1) is 12.3. The molecule has 0 aliphatic heterocycles. The van der Waals surface area contributed by atoms with Crippen LogP contribution in [0.1, 0.15) is 38.4 Å². The summed E-state index contributed by atoms with van der Waals surface area (Å²) in [5, 5.41) is 9.91. The Labute approximate surface area is 95.8 Å². The summed E-state index contributed by atoms with van der Waals surface area (Å²) in [5.41, 5.74) is 0.808. The molecule has 1 rings (SSSR count). The van der Waals surface area contributed by atoms with Crippen LogP contribution < -0.4 is 4.74 Å². The van der Waals surface area contributed by atoms with Crippen LogP contribution in [-0.2, 0) is 0 Å². The van der Waals surface area contributed by atoms with Crippen LogP contribution in [0, 0.1) is 0 Å². The van der Waals surface area contributed by atoms with Gasteiger partial charge in [-0.25, -0.2) is 0 Å². The molecule has 3 heteroatoms. The SMILES string of the molecule is CCCCOc1ccc([C@H](C)O)cc1Cl. The minimum Gasteiger partial charge on any atom is -0.492 e. The number of ether oxygens (including phenoxy) is 1. The van der Waals surface area contributed by atoms with Crippen molar-refractivity contribution in [3.63, 3.8) is 0 Å². The molecule has 2 nitrogen and oxygen atoms in total. The first-order chi connectivity index (χ1) is 7.15. The van der Waals surface area contributed by atoms with Gasteiger partial charge in [-0.05, 0) is 31.0 Å². The Morgan fingerprint density at radius 1 is 1.47 bits per heavy atom. The van der Waals surface area contributed by atoms with Gasteiger partial charge in [0.15, 0.2) is 0 Å². The van der Waals surface area contributed by atoms with Gasteiger partial charge in [-0.2, -0.15) is 0 Å². The minimum absolute atomic E-state index is 0.493. The zero-order valence-corrected chi connectivity index (χ0v) is 9.92. The molecule has 1 atom stereocenters. The molecular formula is C12H17ClO2. The van der Waals surface area contributed by atoms with Crippen LogP contribution in [0.3, 0.4) is 0 Å². The average Bonchev–Trinajstić information content (AvgIpc) is 2.20. The molecule has 1 aromatic rings. The molecule has 0 saturated heterocycles. The van der Waals surface area contributed by atoms with Crippen molar-refractivity contribution in [3.05, 3.63) is 28.8 Å². The smallest absolute Gasteiger partial charge is 0.137 e. The lowest BCUT2D eigenvalue weighted by Crippen LogP contribution is -1.98. The first-order valence-corrected chi connectivity index (χ1v) is 5.63. The maximum atomic E-state index is 9.35. The van der Waals surface area contributed by atoms with Crippen molar-refractivity contribution in [3.8, 4) is 5.75 Å². The van der Waals surface area contributed by atoms with Crippen molar-refractivity contribution in [1.82, 2.24) is 0 Å². The highest BCUT2D eigenvalue weighted by atomic mass is 35.5. The molecule has 0 aromatic heterocycles. The fourth-order valence-corrected chi connectivity index (χ4v) is 1.46. The molecule has 0 saturated carbocycles. The van der Waals surface area contributed by atoms with Gasteiger partial charge in [-0.3, -0.25) is 0 Å². The Balaban J connectivity index is 2.66. The van der Waals surface area contributed by atoms with Crippen LogP contribution in [0.25, 0.3) is 0 Å². The van der Waals surface area contributed by atoms with Gasteiger partial charge in [0.2, 0.25) is 0 Å². The van der Waals surface area contributed by atoms with E-state index in [1.54, 1.807) is 19.1 Å². The van der Waals surface area contributed by atoms with Gasteiger partial charge >= 0.3 is 0 Å². The Kier molecular flexibility index (Phi) is 4.92. The maximum Gasteiger partial charge on any atom is 0.137 e. The Morgan fingerprint density at radius 2 is 2.20 bits per heavy atom. The number of aliphatic hydroxyl groups excluding tert-OH is 1. The second-order valence-corrected chi connectivity index (χ2v) is 3.98. The molecule has 0 heterocycles. The summed E-state index contributed by atoms with van der Waals surface area (Å²) < 4.78 is 5.50. The van der Waals surface area contributed by atoms with Crippen molar-refractivity contribution < 1.29 is 9.84 Å². The van der Waals surface area contributed by atoms with E-state index in [4.69, 9.17) is 16.3 Å². The van der Waals surface area contributed by atoms with Crippen LogP contribution in [0.2, 0.25) is 5.02 Å². The van der Waals surface area contributed by atoms with E-state index in [0.717, 1.165) is 18.4 Å². The normalized spacial score (nSPS) is 12.5. The predicted octanol–water partition coefficient (Wildman–Crippen LogP) is 3.57. The maximum absolute atomic E-state index is 9.35. The van der Waals surface area contributed by atoms with Gasteiger partial charge in [-0.15, -0.1) is 0 Å². The van der Waals surface area contributed by atoms with Crippen molar-refractivity contribution in [2.75, 3.05) is 6.61 Å². The average molecular weight is 229 g/mol. The third-order valence-corrected chi connectivity index (χ3v) is 2.49. The summed E-state index contributed by atoms with van der Waals surface area (Å²) >= 11 is 6.02. The molecule has 0 fully saturated rings. The molecule has 0 aliphatic carbocycles. The standard InChI is InChI=1S/C12H17ClO2/c1-3-4-7-15-12-6-5-10(9(2)14)8-11(12)13/h5-6,8-9,14H,3-4,7H2,1-2H3/t9-/m0/s1. The molecule has 0 aliphatic rings. The largest absolute Gasteiger partial charge is 0.492 e. The zero-order chi connectivity index (χ0) is 11.3. The summed E-state index contributed by atoms with van der Waals surface area (Å²) in [7, 11) is 0. The fourth-order valence-electron chi connectivity index (χ4n) is 1.22. The highest BCUT2D eigenvalue weighted by Crippen LogP contribution is 2.27. The van der Waals surface area contributed by atoms with Gasteiger partial charge in [0.25, 0.3) is 0 Å². The highest BCUT2D eigenvalue weighted by Gasteiger charge is 2.06. The van der Waals surface area contributed by atoms with Crippen LogP contribution in [0.5, 0.6) is 5.75 Å². The van der Waals surface area contributed by atoms with E-state index < -0.39 is 6.10 Å². The Hall–Kier alpha value is -0.730. The van der Waals surface area contributed by atoms with Crippen LogP contribution in [0.15, 0.2) is 18.2 Å². The lowest BCUT2D eigenvalue weighted by atomic mass is 10.1. The molecule has 0 radical (unpaired) electrons. The monoisotopic (exact) mass is 228 g/mol. The summed E-state index contributed by atoms with van der Waals surface area (Å²) in [6, 6.07) is 5.38. The first-order valence-electron chi connectivity index (χ1n) is 5.25. The van der Waals surface area contributed by atoms with E-state index >= 15 is 0 Å². The molecule has 1 aromatic carbocycles. The molecule has 1 N–H and O–H groups in total. The third kappa shape index (κ3) is 3.73. The number of halogens is 1. The molecule has 84 valence electrons. The summed E-state index contributed by atoms with van der Waals surface area (Å²) in [5.74, 6) is 0.689. The number of benzene rings is 1. The van der Waals surface area contributed by atoms with E-state index in [0.29, 0.717) is 17.4 Å². The van der Waals surface area contributed by atoms with E-state index in [1.165, 1.54) is 0 Å². The van der Waals surface area contributed by atoms with Crippen molar-refractivity contribution in [2.45, 2.75) is 32.8 Å². The summed E-state index contributed by atoms with van der Waals surface area (Å²) in [6.07, 6.45) is 1.63. The van der Waals surface area contributed by atoms with Crippen LogP contribution in [0.4, 0.5) is 0 Å². The van der Waals surface area contributed by atoms with Crippen molar-refractivity contribution in [2.24, 2.45) is 0 Å². The Bertz CT molecular complexity index is 310. The second-order valence-electron chi connectivity index (χ2n) is 3.57.